The number of amides is 2. The van der Waals surface area contributed by atoms with Crippen molar-refractivity contribution in [2.24, 2.45) is 0 Å². The van der Waals surface area contributed by atoms with Gasteiger partial charge >= 0.3 is 5.97 Å². The summed E-state index contributed by atoms with van der Waals surface area (Å²) < 4.78 is 18.3. The lowest BCUT2D eigenvalue weighted by molar-refractivity contribution is -0.384. The van der Waals surface area contributed by atoms with E-state index in [1.807, 2.05) is 0 Å². The van der Waals surface area contributed by atoms with Gasteiger partial charge in [-0.25, -0.2) is 9.18 Å². The second-order valence-electron chi connectivity index (χ2n) is 7.16. The highest BCUT2D eigenvalue weighted by atomic mass is 32.2. The smallest absolute Gasteiger partial charge is 0.343 e. The highest BCUT2D eigenvalue weighted by Crippen LogP contribution is 2.33. The van der Waals surface area contributed by atoms with E-state index in [0.717, 1.165) is 22.7 Å². The summed E-state index contributed by atoms with van der Waals surface area (Å²) in [6.45, 7) is 0.0365. The van der Waals surface area contributed by atoms with Crippen molar-refractivity contribution in [1.82, 2.24) is 4.90 Å². The molecule has 0 spiro atoms. The normalized spacial score (nSPS) is 14.5. The van der Waals surface area contributed by atoms with Crippen LogP contribution in [0.2, 0.25) is 0 Å². The summed E-state index contributed by atoms with van der Waals surface area (Å²) in [5, 5.41) is 10.4. The quantitative estimate of drug-likeness (QED) is 0.158. The summed E-state index contributed by atoms with van der Waals surface area (Å²) in [7, 11) is 0. The second-order valence-corrected chi connectivity index (χ2v) is 8.15. The summed E-state index contributed by atoms with van der Waals surface area (Å²) in [5.41, 5.74) is 1.04. The summed E-state index contributed by atoms with van der Waals surface area (Å²) in [6.07, 6.45) is 1.54. The number of carbonyl (C=O) groups excluding carboxylic acids is 3. The first kappa shape index (κ1) is 22.9. The van der Waals surface area contributed by atoms with Crippen molar-refractivity contribution in [3.63, 3.8) is 0 Å². The average Bonchev–Trinajstić information content (AvgIpc) is 3.09. The van der Waals surface area contributed by atoms with Gasteiger partial charge in [-0.05, 0) is 59.3 Å². The molecule has 34 heavy (non-hydrogen) atoms. The molecule has 0 aromatic heterocycles. The SMILES string of the molecule is O=C(Oc1ccc(/C=C2\SC(=O)N(Cc3ccc(F)cc3)C2=O)cc1)c1cccc([N+](=O)[O-])c1. The number of nitro benzene ring substituents is 1. The fourth-order valence-electron chi connectivity index (χ4n) is 3.10. The van der Waals surface area contributed by atoms with Gasteiger partial charge in [0.25, 0.3) is 16.8 Å². The Hall–Kier alpha value is -4.31. The standard InChI is InChI=1S/C24H15FN2O6S/c25-18-8-4-16(5-9-18)14-26-22(28)21(34-24(26)30)12-15-6-10-20(11-7-15)33-23(29)17-2-1-3-19(13-17)27(31)32/h1-13H,14H2/b21-12-. The molecule has 1 fully saturated rings. The number of hydrogen-bond acceptors (Lipinski definition) is 7. The number of ether oxygens (including phenoxy) is 1. The number of benzene rings is 3. The molecule has 1 aliphatic heterocycles. The fourth-order valence-corrected chi connectivity index (χ4v) is 3.94. The molecule has 1 heterocycles. The van der Waals surface area contributed by atoms with Gasteiger partial charge in [0.15, 0.2) is 0 Å². The van der Waals surface area contributed by atoms with Crippen molar-refractivity contribution in [2.45, 2.75) is 6.54 Å². The highest BCUT2D eigenvalue weighted by molar-refractivity contribution is 8.18. The molecule has 1 aliphatic rings. The average molecular weight is 478 g/mol. The third-order valence-electron chi connectivity index (χ3n) is 4.81. The largest absolute Gasteiger partial charge is 0.423 e. The summed E-state index contributed by atoms with van der Waals surface area (Å²) in [4.78, 5) is 48.8. The van der Waals surface area contributed by atoms with E-state index in [9.17, 15) is 28.9 Å². The molecule has 0 radical (unpaired) electrons. The lowest BCUT2D eigenvalue weighted by Gasteiger charge is -2.12. The van der Waals surface area contributed by atoms with Crippen LogP contribution in [0.5, 0.6) is 5.75 Å². The zero-order valence-corrected chi connectivity index (χ0v) is 18.2. The highest BCUT2D eigenvalue weighted by Gasteiger charge is 2.35. The third kappa shape index (κ3) is 5.18. The van der Waals surface area contributed by atoms with Crippen molar-refractivity contribution < 1.29 is 28.4 Å². The van der Waals surface area contributed by atoms with Crippen LogP contribution in [0.25, 0.3) is 6.08 Å². The zero-order valence-electron chi connectivity index (χ0n) is 17.3. The van der Waals surface area contributed by atoms with Crippen LogP contribution in [0.4, 0.5) is 14.9 Å². The van der Waals surface area contributed by atoms with Gasteiger partial charge in [0.05, 0.1) is 21.9 Å². The van der Waals surface area contributed by atoms with Crippen molar-refractivity contribution >= 4 is 40.6 Å². The van der Waals surface area contributed by atoms with Crippen molar-refractivity contribution in [3.8, 4) is 5.75 Å². The molecule has 0 saturated carbocycles. The van der Waals surface area contributed by atoms with E-state index in [1.165, 1.54) is 54.6 Å². The van der Waals surface area contributed by atoms with Crippen LogP contribution in [0, 0.1) is 15.9 Å². The number of carbonyl (C=O) groups is 3. The van der Waals surface area contributed by atoms with E-state index in [4.69, 9.17) is 4.74 Å². The van der Waals surface area contributed by atoms with Crippen molar-refractivity contribution in [3.05, 3.63) is 110 Å². The minimum Gasteiger partial charge on any atom is -0.423 e. The van der Waals surface area contributed by atoms with E-state index in [2.05, 4.69) is 0 Å². The molecular weight excluding hydrogens is 463 g/mol. The Morgan fingerprint density at radius 2 is 1.76 bits per heavy atom. The van der Waals surface area contributed by atoms with Crippen LogP contribution >= 0.6 is 11.8 Å². The van der Waals surface area contributed by atoms with Gasteiger partial charge in [-0.3, -0.25) is 24.6 Å². The Morgan fingerprint density at radius 1 is 1.06 bits per heavy atom. The Kier molecular flexibility index (Phi) is 6.51. The molecule has 2 amide bonds. The molecule has 0 N–H and O–H groups in total. The minimum atomic E-state index is -0.752. The molecule has 3 aromatic rings. The first-order valence-corrected chi connectivity index (χ1v) is 10.7. The zero-order chi connectivity index (χ0) is 24.2. The number of imide groups is 1. The van der Waals surface area contributed by atoms with Gasteiger partial charge in [-0.15, -0.1) is 0 Å². The van der Waals surface area contributed by atoms with E-state index in [-0.39, 0.29) is 28.5 Å². The van der Waals surface area contributed by atoms with Crippen LogP contribution in [-0.2, 0) is 11.3 Å². The summed E-state index contributed by atoms with van der Waals surface area (Å²) in [5.74, 6) is -1.41. The lowest BCUT2D eigenvalue weighted by Crippen LogP contribution is -2.27. The van der Waals surface area contributed by atoms with Gasteiger partial charge in [-0.2, -0.15) is 0 Å². The topological polar surface area (TPSA) is 107 Å². The number of nitro groups is 1. The lowest BCUT2D eigenvalue weighted by atomic mass is 10.2. The maximum atomic E-state index is 13.1. The van der Waals surface area contributed by atoms with Crippen LogP contribution in [0.15, 0.2) is 77.7 Å². The van der Waals surface area contributed by atoms with E-state index >= 15 is 0 Å². The molecule has 1 saturated heterocycles. The number of nitrogens with zero attached hydrogens (tertiary/aromatic N) is 2. The maximum Gasteiger partial charge on any atom is 0.343 e. The van der Waals surface area contributed by atoms with Crippen LogP contribution < -0.4 is 4.74 Å². The van der Waals surface area contributed by atoms with Gasteiger partial charge in [-0.1, -0.05) is 30.3 Å². The Labute approximate surface area is 196 Å². The summed E-state index contributed by atoms with van der Waals surface area (Å²) in [6, 6.07) is 16.9. The molecule has 10 heteroatoms. The van der Waals surface area contributed by atoms with E-state index < -0.39 is 27.9 Å². The van der Waals surface area contributed by atoms with E-state index in [1.54, 1.807) is 18.2 Å². The van der Waals surface area contributed by atoms with Gasteiger partial charge < -0.3 is 4.74 Å². The molecule has 8 nitrogen and oxygen atoms in total. The third-order valence-corrected chi connectivity index (χ3v) is 5.72. The van der Waals surface area contributed by atoms with Crippen LogP contribution in [-0.4, -0.2) is 26.9 Å². The van der Waals surface area contributed by atoms with Gasteiger partial charge in [0.2, 0.25) is 0 Å². The molecule has 3 aromatic carbocycles. The monoisotopic (exact) mass is 478 g/mol. The van der Waals surface area contributed by atoms with Crippen molar-refractivity contribution in [2.75, 3.05) is 0 Å². The fraction of sp³-hybridized carbons (Fsp3) is 0.0417. The first-order chi connectivity index (χ1) is 16.3. The number of non-ortho nitro benzene ring substituents is 1. The Morgan fingerprint density at radius 3 is 2.44 bits per heavy atom. The number of esters is 1. The molecule has 0 aliphatic carbocycles. The molecule has 0 unspecified atom stereocenters. The number of thioether (sulfide) groups is 1. The first-order valence-electron chi connectivity index (χ1n) is 9.87. The number of rotatable bonds is 6. The molecule has 170 valence electrons. The molecular formula is C24H15FN2O6S. The number of halogens is 1. The molecule has 4 rings (SSSR count). The Balaban J connectivity index is 1.43. The van der Waals surface area contributed by atoms with Gasteiger partial charge in [0, 0.05) is 12.1 Å². The van der Waals surface area contributed by atoms with Crippen LogP contribution in [0.1, 0.15) is 21.5 Å². The minimum absolute atomic E-state index is 0.0353. The predicted octanol–water partition coefficient (Wildman–Crippen LogP) is 5.19. The summed E-state index contributed by atoms with van der Waals surface area (Å²) >= 11 is 0.799. The Bertz CT molecular complexity index is 1320. The number of hydrogen-bond donors (Lipinski definition) is 0. The predicted molar refractivity (Wildman–Crippen MR) is 122 cm³/mol. The molecule has 0 bridgehead atoms. The van der Waals surface area contributed by atoms with Crippen molar-refractivity contribution in [1.29, 1.82) is 0 Å². The maximum absolute atomic E-state index is 13.1. The van der Waals surface area contributed by atoms with Crippen LogP contribution in [0.3, 0.4) is 0 Å². The molecule has 0 atom stereocenters. The van der Waals surface area contributed by atoms with E-state index in [0.29, 0.717) is 11.1 Å². The van der Waals surface area contributed by atoms with Gasteiger partial charge in [0.1, 0.15) is 11.6 Å². The second kappa shape index (κ2) is 9.67.